The first kappa shape index (κ1) is 27.6. The Bertz CT molecular complexity index is 1330. The molecule has 1 saturated heterocycles. The van der Waals surface area contributed by atoms with E-state index in [1.807, 2.05) is 37.3 Å². The molecular weight excluding hydrogens is 528 g/mol. The third kappa shape index (κ3) is 6.54. The molecule has 0 radical (unpaired) electrons. The molecule has 37 heavy (non-hydrogen) atoms. The topological polar surface area (TPSA) is 186 Å². The van der Waals surface area contributed by atoms with Crippen molar-refractivity contribution in [1.29, 1.82) is 0 Å². The van der Waals surface area contributed by atoms with Gasteiger partial charge in [0.25, 0.3) is 5.56 Å². The average Bonchev–Trinajstić information content (AvgIpc) is 3.14. The molecule has 198 valence electrons. The van der Waals surface area contributed by atoms with Gasteiger partial charge in [-0.2, -0.15) is 0 Å². The number of rotatable bonds is 9. The van der Waals surface area contributed by atoms with Crippen LogP contribution < -0.4 is 11.2 Å². The van der Waals surface area contributed by atoms with Crippen molar-refractivity contribution in [2.45, 2.75) is 38.0 Å². The van der Waals surface area contributed by atoms with Crippen molar-refractivity contribution in [2.75, 3.05) is 6.61 Å². The molecule has 13 nitrogen and oxygen atoms in total. The number of aliphatic hydroxyl groups is 2. The maximum absolute atomic E-state index is 13.2. The molecule has 0 saturated carbocycles. The zero-order valence-corrected chi connectivity index (χ0v) is 21.2. The Morgan fingerprint density at radius 2 is 1.76 bits per heavy atom. The molecule has 3 heterocycles. The third-order valence-corrected chi connectivity index (χ3v) is 7.23. The number of nitrogens with zero attached hydrogens (tertiary/aromatic N) is 3. The van der Waals surface area contributed by atoms with Gasteiger partial charge in [-0.05, 0) is 30.2 Å². The molecule has 5 atom stereocenters. The summed E-state index contributed by atoms with van der Waals surface area (Å²) in [7, 11) is -5.53. The molecular formula is C22H25N3O10P2. The van der Waals surface area contributed by atoms with E-state index in [2.05, 4.69) is 9.29 Å². The molecule has 0 amide bonds. The van der Waals surface area contributed by atoms with Crippen LogP contribution in [0.25, 0.3) is 11.1 Å². The van der Waals surface area contributed by atoms with Crippen molar-refractivity contribution in [2.24, 2.45) is 0 Å². The Labute approximate surface area is 212 Å². The Kier molecular flexibility index (Phi) is 8.94. The van der Waals surface area contributed by atoms with Crippen molar-refractivity contribution in [3.05, 3.63) is 87.0 Å². The van der Waals surface area contributed by atoms with Gasteiger partial charge >= 0.3 is 22.9 Å². The summed E-state index contributed by atoms with van der Waals surface area (Å²) >= 11 is 0. The number of pyridine rings is 1. The van der Waals surface area contributed by atoms with Gasteiger partial charge in [-0.15, -0.1) is 0 Å². The van der Waals surface area contributed by atoms with Gasteiger partial charge in [0, 0.05) is 18.5 Å². The van der Waals surface area contributed by atoms with Crippen LogP contribution in [0.3, 0.4) is 0 Å². The van der Waals surface area contributed by atoms with Crippen molar-refractivity contribution < 1.29 is 38.5 Å². The van der Waals surface area contributed by atoms with E-state index >= 15 is 0 Å². The van der Waals surface area contributed by atoms with Crippen molar-refractivity contribution in [3.63, 3.8) is 0 Å². The van der Waals surface area contributed by atoms with Crippen LogP contribution in [0.5, 0.6) is 0 Å². The number of aryl methyl sites for hydroxylation is 1. The fraction of sp³-hybridized carbons (Fsp3) is 0.318. The minimum absolute atomic E-state index is 0.145. The summed E-state index contributed by atoms with van der Waals surface area (Å²) in [6.45, 7) is 1.35. The van der Waals surface area contributed by atoms with Gasteiger partial charge in [0.1, 0.15) is 18.3 Å². The van der Waals surface area contributed by atoms with E-state index in [-0.39, 0.29) is 6.54 Å². The van der Waals surface area contributed by atoms with Crippen LogP contribution >= 0.6 is 17.2 Å². The third-order valence-electron chi connectivity index (χ3n) is 5.72. The summed E-state index contributed by atoms with van der Waals surface area (Å²) in [4.78, 5) is 57.0. The first-order chi connectivity index (χ1) is 17.6. The van der Waals surface area contributed by atoms with E-state index in [4.69, 9.17) is 19.0 Å². The van der Waals surface area contributed by atoms with Gasteiger partial charge in [-0.25, -0.2) is 9.11 Å². The molecule has 1 aliphatic rings. The number of ether oxygens (including phenoxy) is 1. The molecule has 1 aromatic carbocycles. The maximum Gasteiger partial charge on any atom is 0.337 e. The minimum atomic E-state index is -2.86. The van der Waals surface area contributed by atoms with Crippen molar-refractivity contribution in [3.8, 4) is 11.1 Å². The molecule has 3 aromatic rings. The fourth-order valence-corrected chi connectivity index (χ4v) is 4.81. The molecule has 2 aromatic heterocycles. The van der Waals surface area contributed by atoms with Gasteiger partial charge in [0.15, 0.2) is 6.23 Å². The normalized spacial score (nSPS) is 22.5. The standard InChI is InChI=1S/C22H25N3O10P2/c1-13-2-4-14(5-3-13)15-6-8-23-16(10-15)11-25-18(26)7-9-24(22(25)29)21-20(28)19(27)17(34-21)12-33-37(32)35-36(30)31/h2-10,17,19-21,27-28,30-32H,11-12H2,1H3. The summed E-state index contributed by atoms with van der Waals surface area (Å²) in [6.07, 6.45) is -2.91. The quantitative estimate of drug-likeness (QED) is 0.233. The maximum atomic E-state index is 13.2. The zero-order valence-electron chi connectivity index (χ0n) is 19.4. The monoisotopic (exact) mass is 553 g/mol. The second kappa shape index (κ2) is 12.0. The largest absolute Gasteiger partial charge is 0.387 e. The van der Waals surface area contributed by atoms with Gasteiger partial charge in [0.2, 0.25) is 0 Å². The Hall–Kier alpha value is -2.41. The first-order valence-electron chi connectivity index (χ1n) is 11.0. The SMILES string of the molecule is Cc1ccc(-c2ccnc(Cn3c(=O)ccn(C4OC(COP(O)OP(O)O)C(O)C4O)c3=O)c2)cc1. The van der Waals surface area contributed by atoms with Gasteiger partial charge in [0.05, 0.1) is 18.8 Å². The predicted octanol–water partition coefficient (Wildman–Crippen LogP) is 0.512. The van der Waals surface area contributed by atoms with E-state index in [0.29, 0.717) is 5.69 Å². The van der Waals surface area contributed by atoms with Crippen LogP contribution in [0.2, 0.25) is 0 Å². The molecule has 0 aliphatic carbocycles. The average molecular weight is 553 g/mol. The Morgan fingerprint density at radius 1 is 1.03 bits per heavy atom. The summed E-state index contributed by atoms with van der Waals surface area (Å²) in [5, 5.41) is 20.8. The number of aliphatic hydroxyl groups excluding tert-OH is 2. The summed E-state index contributed by atoms with van der Waals surface area (Å²) in [6, 6.07) is 12.6. The number of aromatic nitrogens is 3. The Morgan fingerprint density at radius 3 is 2.46 bits per heavy atom. The number of hydrogen-bond donors (Lipinski definition) is 5. The van der Waals surface area contributed by atoms with Gasteiger partial charge < -0.3 is 34.2 Å². The lowest BCUT2D eigenvalue weighted by Gasteiger charge is -2.19. The molecule has 15 heteroatoms. The summed E-state index contributed by atoms with van der Waals surface area (Å²) in [5.74, 6) is 0. The summed E-state index contributed by atoms with van der Waals surface area (Å²) < 4.78 is 16.7. The minimum Gasteiger partial charge on any atom is -0.387 e. The second-order valence-corrected chi connectivity index (χ2v) is 10.1. The summed E-state index contributed by atoms with van der Waals surface area (Å²) in [5.41, 5.74) is 1.98. The predicted molar refractivity (Wildman–Crippen MR) is 132 cm³/mol. The van der Waals surface area contributed by atoms with Crippen LogP contribution in [0.15, 0.2) is 64.4 Å². The van der Waals surface area contributed by atoms with E-state index < -0.39 is 59.6 Å². The highest BCUT2D eigenvalue weighted by molar-refractivity contribution is 7.54. The highest BCUT2D eigenvalue weighted by Gasteiger charge is 2.44. The molecule has 5 N–H and O–H groups in total. The lowest BCUT2D eigenvalue weighted by molar-refractivity contribution is -0.0530. The molecule has 1 aliphatic heterocycles. The zero-order chi connectivity index (χ0) is 26.7. The lowest BCUT2D eigenvalue weighted by atomic mass is 10.0. The van der Waals surface area contributed by atoms with Gasteiger partial charge in [-0.1, -0.05) is 29.8 Å². The van der Waals surface area contributed by atoms with Gasteiger partial charge in [-0.3, -0.25) is 18.9 Å². The van der Waals surface area contributed by atoms with Crippen LogP contribution in [0.1, 0.15) is 17.5 Å². The number of hydrogen-bond acceptors (Lipinski definition) is 11. The molecule has 5 unspecified atom stereocenters. The lowest BCUT2D eigenvalue weighted by Crippen LogP contribution is -2.43. The smallest absolute Gasteiger partial charge is 0.337 e. The van der Waals surface area contributed by atoms with Crippen molar-refractivity contribution >= 4 is 17.2 Å². The van der Waals surface area contributed by atoms with E-state index in [0.717, 1.165) is 38.1 Å². The van der Waals surface area contributed by atoms with Crippen LogP contribution in [-0.2, 0) is 20.1 Å². The first-order valence-corrected chi connectivity index (χ1v) is 13.3. The van der Waals surface area contributed by atoms with E-state index in [9.17, 15) is 24.7 Å². The molecule has 0 spiro atoms. The molecule has 1 fully saturated rings. The van der Waals surface area contributed by atoms with E-state index in [1.165, 1.54) is 0 Å². The molecule has 0 bridgehead atoms. The van der Waals surface area contributed by atoms with Crippen LogP contribution in [0.4, 0.5) is 0 Å². The number of benzene rings is 1. The van der Waals surface area contributed by atoms with Crippen molar-refractivity contribution in [1.82, 2.24) is 14.1 Å². The van der Waals surface area contributed by atoms with Crippen LogP contribution in [0, 0.1) is 6.92 Å². The van der Waals surface area contributed by atoms with Crippen LogP contribution in [-0.4, -0.2) is 63.9 Å². The Balaban J connectivity index is 1.54. The van der Waals surface area contributed by atoms with E-state index in [1.54, 1.807) is 12.3 Å². The molecule has 4 rings (SSSR count). The highest BCUT2D eigenvalue weighted by Crippen LogP contribution is 2.46. The highest BCUT2D eigenvalue weighted by atomic mass is 31.2. The second-order valence-electron chi connectivity index (χ2n) is 8.25. The fourth-order valence-electron chi connectivity index (χ4n) is 3.84.